The van der Waals surface area contributed by atoms with Crippen molar-refractivity contribution in [1.82, 2.24) is 4.90 Å². The Morgan fingerprint density at radius 1 is 1.42 bits per heavy atom. The van der Waals surface area contributed by atoms with Crippen molar-refractivity contribution in [3.8, 4) is 0 Å². The van der Waals surface area contributed by atoms with E-state index in [4.69, 9.17) is 0 Å². The standard InChI is InChI=1S/C10H16N2/c1-9-5-4-6-10(11-9)12-7-2-3-8-12/h4,6,9H,2-3,5,7-8H2,1H3/t9-/m0/s1. The molecule has 1 atom stereocenters. The van der Waals surface area contributed by atoms with Crippen molar-refractivity contribution in [1.29, 1.82) is 0 Å². The van der Waals surface area contributed by atoms with Crippen LogP contribution in [-0.2, 0) is 0 Å². The Bertz CT molecular complexity index is 212. The second-order valence-electron chi connectivity index (χ2n) is 3.67. The zero-order valence-electron chi connectivity index (χ0n) is 7.66. The van der Waals surface area contributed by atoms with E-state index < -0.39 is 0 Å². The van der Waals surface area contributed by atoms with Gasteiger partial charge in [-0.15, -0.1) is 0 Å². The summed E-state index contributed by atoms with van der Waals surface area (Å²) in [6.07, 6.45) is 8.19. The molecule has 0 saturated carbocycles. The van der Waals surface area contributed by atoms with Crippen LogP contribution in [0.4, 0.5) is 0 Å². The quantitative estimate of drug-likeness (QED) is 0.533. The first-order valence-electron chi connectivity index (χ1n) is 4.85. The summed E-state index contributed by atoms with van der Waals surface area (Å²) in [5, 5.41) is 0. The Morgan fingerprint density at radius 2 is 2.17 bits per heavy atom. The van der Waals surface area contributed by atoms with Crippen LogP contribution >= 0.6 is 0 Å². The molecule has 2 aliphatic heterocycles. The fraction of sp³-hybridized carbons (Fsp3) is 0.700. The van der Waals surface area contributed by atoms with E-state index in [2.05, 4.69) is 29.0 Å². The van der Waals surface area contributed by atoms with Gasteiger partial charge < -0.3 is 4.90 Å². The van der Waals surface area contributed by atoms with Crippen molar-refractivity contribution in [2.45, 2.75) is 32.2 Å². The van der Waals surface area contributed by atoms with Crippen LogP contribution in [-0.4, -0.2) is 29.9 Å². The molecule has 12 heavy (non-hydrogen) atoms. The zero-order valence-corrected chi connectivity index (χ0v) is 7.66. The summed E-state index contributed by atoms with van der Waals surface area (Å²) >= 11 is 0. The first kappa shape index (κ1) is 7.84. The summed E-state index contributed by atoms with van der Waals surface area (Å²) < 4.78 is 0. The molecule has 1 saturated heterocycles. The normalized spacial score (nSPS) is 29.2. The highest BCUT2D eigenvalue weighted by molar-refractivity contribution is 5.93. The highest BCUT2D eigenvalue weighted by atomic mass is 15.2. The lowest BCUT2D eigenvalue weighted by atomic mass is 10.2. The Balaban J connectivity index is 2.06. The van der Waals surface area contributed by atoms with Crippen LogP contribution in [0.5, 0.6) is 0 Å². The molecule has 2 rings (SSSR count). The van der Waals surface area contributed by atoms with E-state index in [9.17, 15) is 0 Å². The number of nitrogens with zero attached hydrogens (tertiary/aromatic N) is 2. The third-order valence-corrected chi connectivity index (χ3v) is 2.53. The maximum absolute atomic E-state index is 4.62. The minimum Gasteiger partial charge on any atom is -0.357 e. The van der Waals surface area contributed by atoms with E-state index in [1.54, 1.807) is 0 Å². The molecular weight excluding hydrogens is 148 g/mol. The van der Waals surface area contributed by atoms with E-state index in [-0.39, 0.29) is 0 Å². The molecule has 2 aliphatic rings. The van der Waals surface area contributed by atoms with Gasteiger partial charge in [0, 0.05) is 13.1 Å². The molecule has 2 nitrogen and oxygen atoms in total. The van der Waals surface area contributed by atoms with Gasteiger partial charge in [-0.25, -0.2) is 0 Å². The van der Waals surface area contributed by atoms with Gasteiger partial charge in [-0.1, -0.05) is 6.08 Å². The minimum atomic E-state index is 0.491. The molecule has 1 fully saturated rings. The largest absolute Gasteiger partial charge is 0.357 e. The Hall–Kier alpha value is -0.790. The SMILES string of the molecule is C[C@H]1CC=CC(N2CCCC2)=N1. The fourth-order valence-electron chi connectivity index (χ4n) is 1.83. The van der Waals surface area contributed by atoms with E-state index in [0.717, 1.165) is 6.42 Å². The predicted molar refractivity (Wildman–Crippen MR) is 51.5 cm³/mol. The molecule has 0 aromatic heterocycles. The summed E-state index contributed by atoms with van der Waals surface area (Å²) in [4.78, 5) is 7.02. The molecular formula is C10H16N2. The van der Waals surface area contributed by atoms with Crippen molar-refractivity contribution >= 4 is 5.84 Å². The first-order chi connectivity index (χ1) is 5.86. The number of dihydropyridines is 1. The van der Waals surface area contributed by atoms with Gasteiger partial charge in [-0.3, -0.25) is 4.99 Å². The number of amidine groups is 1. The first-order valence-corrected chi connectivity index (χ1v) is 4.85. The highest BCUT2D eigenvalue weighted by Crippen LogP contribution is 2.13. The third-order valence-electron chi connectivity index (χ3n) is 2.53. The van der Waals surface area contributed by atoms with Crippen LogP contribution in [0.3, 0.4) is 0 Å². The van der Waals surface area contributed by atoms with E-state index in [1.807, 2.05) is 0 Å². The van der Waals surface area contributed by atoms with Crippen LogP contribution in [0.2, 0.25) is 0 Å². The van der Waals surface area contributed by atoms with Crippen molar-refractivity contribution < 1.29 is 0 Å². The molecule has 0 aliphatic carbocycles. The monoisotopic (exact) mass is 164 g/mol. The summed E-state index contributed by atoms with van der Waals surface area (Å²) in [6.45, 7) is 4.59. The lowest BCUT2D eigenvalue weighted by Crippen LogP contribution is -2.28. The number of likely N-dealkylation sites (tertiary alicyclic amines) is 1. The lowest BCUT2D eigenvalue weighted by Gasteiger charge is -2.21. The fourth-order valence-corrected chi connectivity index (χ4v) is 1.83. The average molecular weight is 164 g/mol. The van der Waals surface area contributed by atoms with Crippen LogP contribution < -0.4 is 0 Å². The van der Waals surface area contributed by atoms with Crippen LogP contribution in [0.1, 0.15) is 26.2 Å². The summed E-state index contributed by atoms with van der Waals surface area (Å²) in [5.74, 6) is 1.21. The molecule has 66 valence electrons. The molecule has 0 amide bonds. The molecule has 0 aromatic rings. The van der Waals surface area contributed by atoms with Gasteiger partial charge in [-0.2, -0.15) is 0 Å². The summed E-state index contributed by atoms with van der Waals surface area (Å²) in [6, 6.07) is 0.491. The molecule has 0 radical (unpaired) electrons. The Kier molecular flexibility index (Phi) is 2.15. The van der Waals surface area contributed by atoms with E-state index >= 15 is 0 Å². The minimum absolute atomic E-state index is 0.491. The van der Waals surface area contributed by atoms with Crippen molar-refractivity contribution in [2.75, 3.05) is 13.1 Å². The Morgan fingerprint density at radius 3 is 2.83 bits per heavy atom. The maximum Gasteiger partial charge on any atom is 0.123 e. The molecule has 0 aromatic carbocycles. The molecule has 0 unspecified atom stereocenters. The Labute approximate surface area is 74.0 Å². The number of hydrogen-bond donors (Lipinski definition) is 0. The van der Waals surface area contributed by atoms with Crippen molar-refractivity contribution in [3.63, 3.8) is 0 Å². The van der Waals surface area contributed by atoms with Crippen LogP contribution in [0.25, 0.3) is 0 Å². The lowest BCUT2D eigenvalue weighted by molar-refractivity contribution is 0.512. The van der Waals surface area contributed by atoms with Gasteiger partial charge >= 0.3 is 0 Å². The second-order valence-corrected chi connectivity index (χ2v) is 3.67. The van der Waals surface area contributed by atoms with Gasteiger partial charge in [0.15, 0.2) is 0 Å². The average Bonchev–Trinajstić information content (AvgIpc) is 2.56. The topological polar surface area (TPSA) is 15.6 Å². The van der Waals surface area contributed by atoms with Gasteiger partial charge in [0.25, 0.3) is 0 Å². The van der Waals surface area contributed by atoms with Gasteiger partial charge in [-0.05, 0) is 32.3 Å². The van der Waals surface area contributed by atoms with Gasteiger partial charge in [0.1, 0.15) is 5.84 Å². The molecule has 2 heteroatoms. The highest BCUT2D eigenvalue weighted by Gasteiger charge is 2.16. The number of rotatable bonds is 0. The predicted octanol–water partition coefficient (Wildman–Crippen LogP) is 1.83. The second kappa shape index (κ2) is 3.30. The van der Waals surface area contributed by atoms with Crippen LogP contribution in [0.15, 0.2) is 17.1 Å². The van der Waals surface area contributed by atoms with Crippen molar-refractivity contribution in [3.05, 3.63) is 12.2 Å². The van der Waals surface area contributed by atoms with Gasteiger partial charge in [0.05, 0.1) is 6.04 Å². The van der Waals surface area contributed by atoms with Crippen LogP contribution in [0, 0.1) is 0 Å². The molecule has 0 N–H and O–H groups in total. The molecule has 2 heterocycles. The smallest absolute Gasteiger partial charge is 0.123 e. The molecule has 0 spiro atoms. The van der Waals surface area contributed by atoms with E-state index in [0.29, 0.717) is 6.04 Å². The number of aliphatic imine (C=N–C) groups is 1. The maximum atomic E-state index is 4.62. The molecule has 0 bridgehead atoms. The van der Waals surface area contributed by atoms with Gasteiger partial charge in [0.2, 0.25) is 0 Å². The zero-order chi connectivity index (χ0) is 8.39. The van der Waals surface area contributed by atoms with Crippen molar-refractivity contribution in [2.24, 2.45) is 4.99 Å². The number of hydrogen-bond acceptors (Lipinski definition) is 2. The third kappa shape index (κ3) is 1.52. The summed E-state index contributed by atoms with van der Waals surface area (Å²) in [5.41, 5.74) is 0. The van der Waals surface area contributed by atoms with E-state index in [1.165, 1.54) is 31.8 Å². The summed E-state index contributed by atoms with van der Waals surface area (Å²) in [7, 11) is 0.